The van der Waals surface area contributed by atoms with Crippen molar-refractivity contribution >= 4 is 11.6 Å². The number of anilines is 1. The van der Waals surface area contributed by atoms with Crippen LogP contribution in [0.5, 0.6) is 5.75 Å². The summed E-state index contributed by atoms with van der Waals surface area (Å²) in [7, 11) is 0. The van der Waals surface area contributed by atoms with Crippen molar-refractivity contribution in [1.29, 1.82) is 0 Å². The van der Waals surface area contributed by atoms with Gasteiger partial charge in [-0.1, -0.05) is 58.0 Å². The Morgan fingerprint density at radius 1 is 0.960 bits per heavy atom. The Hall–Kier alpha value is -2.29. The van der Waals surface area contributed by atoms with Gasteiger partial charge in [0.2, 0.25) is 0 Å². The quantitative estimate of drug-likeness (QED) is 0.667. The van der Waals surface area contributed by atoms with Crippen LogP contribution >= 0.6 is 0 Å². The maximum atomic E-state index is 12.2. The molecule has 0 aromatic heterocycles. The van der Waals surface area contributed by atoms with Crippen molar-refractivity contribution in [3.05, 3.63) is 59.7 Å². The third-order valence-corrected chi connectivity index (χ3v) is 4.81. The van der Waals surface area contributed by atoms with Gasteiger partial charge in [0.1, 0.15) is 5.75 Å². The molecule has 0 heterocycles. The van der Waals surface area contributed by atoms with E-state index in [1.165, 1.54) is 5.56 Å². The number of nitrogens with one attached hydrogen (secondary N) is 1. The molecule has 3 heteroatoms. The summed E-state index contributed by atoms with van der Waals surface area (Å²) in [6, 6.07) is 16.0. The van der Waals surface area contributed by atoms with Gasteiger partial charge in [-0.2, -0.15) is 0 Å². The molecule has 0 saturated heterocycles. The van der Waals surface area contributed by atoms with E-state index in [-0.39, 0.29) is 12.5 Å². The smallest absolute Gasteiger partial charge is 0.262 e. The van der Waals surface area contributed by atoms with Crippen LogP contribution in [0.4, 0.5) is 5.69 Å². The molecule has 3 nitrogen and oxygen atoms in total. The highest BCUT2D eigenvalue weighted by atomic mass is 16.5. The van der Waals surface area contributed by atoms with E-state index in [1.54, 1.807) is 0 Å². The third-order valence-electron chi connectivity index (χ3n) is 4.81. The zero-order valence-electron chi connectivity index (χ0n) is 15.7. The number of para-hydroxylation sites is 1. The average molecular weight is 339 g/mol. The molecule has 0 radical (unpaired) electrons. The van der Waals surface area contributed by atoms with Crippen LogP contribution < -0.4 is 10.1 Å². The maximum Gasteiger partial charge on any atom is 0.262 e. The molecule has 0 spiro atoms. The van der Waals surface area contributed by atoms with E-state index in [0.717, 1.165) is 29.8 Å². The number of benzene rings is 2. The summed E-state index contributed by atoms with van der Waals surface area (Å²) in [4.78, 5) is 12.2. The molecule has 2 aromatic carbocycles. The van der Waals surface area contributed by atoms with E-state index in [4.69, 9.17) is 4.74 Å². The van der Waals surface area contributed by atoms with Crippen LogP contribution in [0.2, 0.25) is 0 Å². The molecule has 2 aromatic rings. The standard InChI is InChI=1S/C22H29NO2/c1-5-16(3)18-11-13-19(14-12-18)25-15-22(24)23-21-10-8-7-9-20(21)17(4)6-2/h7-14,16-17H,5-6,15H2,1-4H3,(H,23,24)/t16-,17+/m1/s1. The minimum absolute atomic E-state index is 0.0114. The van der Waals surface area contributed by atoms with E-state index < -0.39 is 0 Å². The van der Waals surface area contributed by atoms with Crippen molar-refractivity contribution in [2.24, 2.45) is 0 Å². The predicted molar refractivity (Wildman–Crippen MR) is 104 cm³/mol. The van der Waals surface area contributed by atoms with Gasteiger partial charge >= 0.3 is 0 Å². The van der Waals surface area contributed by atoms with Gasteiger partial charge in [0, 0.05) is 5.69 Å². The van der Waals surface area contributed by atoms with Gasteiger partial charge in [-0.15, -0.1) is 0 Å². The second-order valence-electron chi connectivity index (χ2n) is 6.61. The van der Waals surface area contributed by atoms with Crippen LogP contribution in [0.3, 0.4) is 0 Å². The number of amides is 1. The molecular formula is C22H29NO2. The van der Waals surface area contributed by atoms with Gasteiger partial charge in [0.15, 0.2) is 6.61 Å². The number of rotatable bonds is 8. The summed E-state index contributed by atoms with van der Waals surface area (Å²) in [6.07, 6.45) is 2.14. The molecule has 2 rings (SSSR count). The Morgan fingerprint density at radius 2 is 1.60 bits per heavy atom. The Morgan fingerprint density at radius 3 is 2.24 bits per heavy atom. The van der Waals surface area contributed by atoms with Gasteiger partial charge < -0.3 is 10.1 Å². The molecular weight excluding hydrogens is 310 g/mol. The fraction of sp³-hybridized carbons (Fsp3) is 0.409. The van der Waals surface area contributed by atoms with E-state index in [0.29, 0.717) is 11.8 Å². The van der Waals surface area contributed by atoms with Gasteiger partial charge in [0.05, 0.1) is 0 Å². The summed E-state index contributed by atoms with van der Waals surface area (Å²) < 4.78 is 5.62. The largest absolute Gasteiger partial charge is 0.484 e. The molecule has 0 bridgehead atoms. The minimum Gasteiger partial charge on any atom is -0.484 e. The number of ether oxygens (including phenoxy) is 1. The molecule has 1 N–H and O–H groups in total. The monoisotopic (exact) mass is 339 g/mol. The van der Waals surface area contributed by atoms with Crippen LogP contribution in [0.25, 0.3) is 0 Å². The molecule has 0 aliphatic rings. The molecule has 0 fully saturated rings. The first kappa shape index (κ1) is 19.0. The molecule has 134 valence electrons. The number of carbonyl (C=O) groups excluding carboxylic acids is 1. The van der Waals surface area contributed by atoms with E-state index in [1.807, 2.05) is 30.3 Å². The molecule has 2 atom stereocenters. The second-order valence-corrected chi connectivity index (χ2v) is 6.61. The van der Waals surface area contributed by atoms with Crippen molar-refractivity contribution in [2.75, 3.05) is 11.9 Å². The molecule has 0 aliphatic heterocycles. The zero-order chi connectivity index (χ0) is 18.2. The highest BCUT2D eigenvalue weighted by Crippen LogP contribution is 2.26. The topological polar surface area (TPSA) is 38.3 Å². The van der Waals surface area contributed by atoms with E-state index in [2.05, 4.69) is 51.2 Å². The molecule has 0 saturated carbocycles. The normalized spacial score (nSPS) is 13.1. The second kappa shape index (κ2) is 9.26. The highest BCUT2D eigenvalue weighted by Gasteiger charge is 2.11. The van der Waals surface area contributed by atoms with E-state index in [9.17, 15) is 4.79 Å². The fourth-order valence-corrected chi connectivity index (χ4v) is 2.72. The third kappa shape index (κ3) is 5.35. The fourth-order valence-electron chi connectivity index (χ4n) is 2.72. The Labute approximate surface area is 151 Å². The summed E-state index contributed by atoms with van der Waals surface area (Å²) in [5.41, 5.74) is 3.33. The van der Waals surface area contributed by atoms with Crippen molar-refractivity contribution in [2.45, 2.75) is 52.4 Å². The van der Waals surface area contributed by atoms with Crippen LogP contribution in [0.15, 0.2) is 48.5 Å². The van der Waals surface area contributed by atoms with Crippen molar-refractivity contribution in [3.63, 3.8) is 0 Å². The summed E-state index contributed by atoms with van der Waals surface area (Å²) >= 11 is 0. The first-order valence-corrected chi connectivity index (χ1v) is 9.16. The first-order chi connectivity index (χ1) is 12.0. The lowest BCUT2D eigenvalue weighted by Gasteiger charge is -2.16. The minimum atomic E-state index is -0.137. The van der Waals surface area contributed by atoms with Gasteiger partial charge in [-0.3, -0.25) is 4.79 Å². The van der Waals surface area contributed by atoms with Gasteiger partial charge in [-0.05, 0) is 54.0 Å². The Kier molecular flexibility index (Phi) is 7.05. The Balaban J connectivity index is 1.93. The molecule has 25 heavy (non-hydrogen) atoms. The van der Waals surface area contributed by atoms with Crippen molar-refractivity contribution in [1.82, 2.24) is 0 Å². The summed E-state index contributed by atoms with van der Waals surface area (Å²) in [5.74, 6) is 1.53. The maximum absolute atomic E-state index is 12.2. The van der Waals surface area contributed by atoms with Crippen molar-refractivity contribution < 1.29 is 9.53 Å². The van der Waals surface area contributed by atoms with Crippen LogP contribution in [-0.4, -0.2) is 12.5 Å². The van der Waals surface area contributed by atoms with Gasteiger partial charge in [0.25, 0.3) is 5.91 Å². The number of carbonyl (C=O) groups is 1. The average Bonchev–Trinajstić information content (AvgIpc) is 2.66. The molecule has 0 unspecified atom stereocenters. The van der Waals surface area contributed by atoms with Crippen LogP contribution in [0, 0.1) is 0 Å². The first-order valence-electron chi connectivity index (χ1n) is 9.16. The van der Waals surface area contributed by atoms with Gasteiger partial charge in [-0.25, -0.2) is 0 Å². The van der Waals surface area contributed by atoms with Crippen LogP contribution in [-0.2, 0) is 4.79 Å². The van der Waals surface area contributed by atoms with Crippen LogP contribution in [0.1, 0.15) is 63.5 Å². The lowest BCUT2D eigenvalue weighted by atomic mass is 9.97. The lowest BCUT2D eigenvalue weighted by molar-refractivity contribution is -0.118. The predicted octanol–water partition coefficient (Wildman–Crippen LogP) is 5.73. The number of hydrogen-bond acceptors (Lipinski definition) is 2. The summed E-state index contributed by atoms with van der Waals surface area (Å²) in [5, 5.41) is 2.97. The summed E-state index contributed by atoms with van der Waals surface area (Å²) in [6.45, 7) is 8.71. The SMILES string of the molecule is CC[C@@H](C)c1ccc(OCC(=O)Nc2ccccc2[C@@H](C)CC)cc1. The Bertz CT molecular complexity index is 679. The molecule has 0 aliphatic carbocycles. The molecule has 1 amide bonds. The number of hydrogen-bond donors (Lipinski definition) is 1. The lowest BCUT2D eigenvalue weighted by Crippen LogP contribution is -2.21. The van der Waals surface area contributed by atoms with Crippen molar-refractivity contribution in [3.8, 4) is 5.75 Å². The zero-order valence-corrected chi connectivity index (χ0v) is 15.7. The highest BCUT2D eigenvalue weighted by molar-refractivity contribution is 5.92. The van der Waals surface area contributed by atoms with E-state index >= 15 is 0 Å².